The number of likely N-dealkylation sites (tertiary alicyclic amines) is 1. The van der Waals surface area contributed by atoms with Gasteiger partial charge in [0.1, 0.15) is 11.6 Å². The third-order valence-corrected chi connectivity index (χ3v) is 6.17. The first-order valence-corrected chi connectivity index (χ1v) is 10.5. The second-order valence-electron chi connectivity index (χ2n) is 8.02. The summed E-state index contributed by atoms with van der Waals surface area (Å²) in [6, 6.07) is 15.5. The van der Waals surface area contributed by atoms with Gasteiger partial charge >= 0.3 is 0 Å². The maximum atomic E-state index is 13.3. The number of rotatable bonds is 6. The Labute approximate surface area is 172 Å². The van der Waals surface area contributed by atoms with Gasteiger partial charge in [0.15, 0.2) is 0 Å². The van der Waals surface area contributed by atoms with Crippen LogP contribution < -0.4 is 15.6 Å². The van der Waals surface area contributed by atoms with Crippen molar-refractivity contribution in [1.82, 2.24) is 15.8 Å². The van der Waals surface area contributed by atoms with Crippen molar-refractivity contribution in [3.8, 4) is 5.75 Å². The molecule has 3 unspecified atom stereocenters. The number of hydrazine groups is 1. The van der Waals surface area contributed by atoms with E-state index in [1.54, 1.807) is 19.2 Å². The van der Waals surface area contributed by atoms with Crippen molar-refractivity contribution in [2.75, 3.05) is 33.3 Å². The minimum Gasteiger partial charge on any atom is -0.496 e. The zero-order valence-electron chi connectivity index (χ0n) is 17.0. The zero-order valence-corrected chi connectivity index (χ0v) is 17.0. The van der Waals surface area contributed by atoms with Gasteiger partial charge in [-0.2, -0.15) is 0 Å². The summed E-state index contributed by atoms with van der Waals surface area (Å²) in [5, 5.41) is 0. The Morgan fingerprint density at radius 1 is 1.17 bits per heavy atom. The number of methoxy groups -OCH3 is 1. The Bertz CT molecular complexity index is 823. The zero-order chi connectivity index (χ0) is 20.1. The molecule has 2 aromatic rings. The van der Waals surface area contributed by atoms with Gasteiger partial charge in [-0.3, -0.25) is 15.8 Å². The molecule has 0 aliphatic carbocycles. The van der Waals surface area contributed by atoms with E-state index < -0.39 is 0 Å². The van der Waals surface area contributed by atoms with Crippen molar-refractivity contribution < 1.29 is 9.13 Å². The van der Waals surface area contributed by atoms with Crippen molar-refractivity contribution in [3.05, 3.63) is 71.6 Å². The van der Waals surface area contributed by atoms with Crippen LogP contribution in [0, 0.1) is 11.7 Å². The molecule has 2 aliphatic rings. The maximum Gasteiger partial charge on any atom is 0.126 e. The van der Waals surface area contributed by atoms with Crippen molar-refractivity contribution in [1.29, 1.82) is 0 Å². The molecule has 2 fully saturated rings. The molecule has 5 heteroatoms. The summed E-state index contributed by atoms with van der Waals surface area (Å²) in [5.41, 5.74) is 9.16. The monoisotopic (exact) mass is 395 g/mol. The summed E-state index contributed by atoms with van der Waals surface area (Å²) in [7, 11) is 1.71. The van der Waals surface area contributed by atoms with E-state index in [-0.39, 0.29) is 5.82 Å². The van der Waals surface area contributed by atoms with Crippen LogP contribution in [0.5, 0.6) is 5.75 Å². The molecule has 2 aromatic carbocycles. The first kappa shape index (κ1) is 20.1. The van der Waals surface area contributed by atoms with Gasteiger partial charge in [-0.15, -0.1) is 0 Å². The van der Waals surface area contributed by atoms with Crippen molar-refractivity contribution in [3.63, 3.8) is 0 Å². The van der Waals surface area contributed by atoms with E-state index in [4.69, 9.17) is 4.74 Å². The van der Waals surface area contributed by atoms with E-state index in [0.717, 1.165) is 37.5 Å². The number of halogens is 1. The van der Waals surface area contributed by atoms with Crippen LogP contribution in [0.1, 0.15) is 29.9 Å². The molecule has 4 rings (SSSR count). The Morgan fingerprint density at radius 3 is 2.83 bits per heavy atom. The van der Waals surface area contributed by atoms with E-state index in [9.17, 15) is 4.39 Å². The second kappa shape index (κ2) is 9.53. The molecule has 2 heterocycles. The van der Waals surface area contributed by atoms with E-state index in [1.807, 2.05) is 30.3 Å². The van der Waals surface area contributed by atoms with Crippen LogP contribution in [0.3, 0.4) is 0 Å². The standard InChI is InChI=1S/C24H30FN3O/c1-29-23-9-3-2-6-19(23)7-4-14-28-15-5-8-20(17-28)24-22(16-26-27-24)18-10-12-21(25)13-11-18/h2-4,6-7,9-13,20,22,24,26-27H,5,8,14-17H2,1H3/b7-4+. The first-order valence-electron chi connectivity index (χ1n) is 10.5. The first-order chi connectivity index (χ1) is 14.2. The van der Waals surface area contributed by atoms with Crippen molar-refractivity contribution >= 4 is 6.08 Å². The van der Waals surface area contributed by atoms with Gasteiger partial charge in [0, 0.05) is 37.2 Å². The highest BCUT2D eigenvalue weighted by Gasteiger charge is 2.36. The van der Waals surface area contributed by atoms with Gasteiger partial charge in [-0.25, -0.2) is 4.39 Å². The Balaban J connectivity index is 1.37. The lowest BCUT2D eigenvalue weighted by Gasteiger charge is -2.37. The quantitative estimate of drug-likeness (QED) is 0.780. The molecule has 0 spiro atoms. The molecule has 3 atom stereocenters. The molecule has 0 radical (unpaired) electrons. The number of ether oxygens (including phenoxy) is 1. The molecule has 0 amide bonds. The number of nitrogens with one attached hydrogen (secondary N) is 2. The van der Waals surface area contributed by atoms with Gasteiger partial charge < -0.3 is 4.74 Å². The number of piperidine rings is 1. The van der Waals surface area contributed by atoms with Gasteiger partial charge in [0.05, 0.1) is 7.11 Å². The number of nitrogens with zero attached hydrogens (tertiary/aromatic N) is 1. The molecule has 0 aromatic heterocycles. The van der Waals surface area contributed by atoms with E-state index in [1.165, 1.54) is 18.4 Å². The van der Waals surface area contributed by atoms with Gasteiger partial charge in [-0.1, -0.05) is 42.5 Å². The molecular formula is C24H30FN3O. The fourth-order valence-corrected chi connectivity index (χ4v) is 4.68. The number of benzene rings is 2. The molecule has 0 saturated carbocycles. The minimum atomic E-state index is -0.171. The van der Waals surface area contributed by atoms with E-state index in [0.29, 0.717) is 17.9 Å². The van der Waals surface area contributed by atoms with Crippen LogP contribution in [-0.2, 0) is 0 Å². The van der Waals surface area contributed by atoms with E-state index in [2.05, 4.69) is 34.0 Å². The Morgan fingerprint density at radius 2 is 2.00 bits per heavy atom. The van der Waals surface area contributed by atoms with Crippen LogP contribution in [0.2, 0.25) is 0 Å². The molecule has 2 saturated heterocycles. The Kier molecular flexibility index (Phi) is 6.60. The lowest BCUT2D eigenvalue weighted by molar-refractivity contribution is 0.158. The van der Waals surface area contributed by atoms with Crippen LogP contribution in [0.4, 0.5) is 4.39 Å². The average molecular weight is 396 g/mol. The summed E-state index contributed by atoms with van der Waals surface area (Å²) in [5.74, 6) is 1.69. The summed E-state index contributed by atoms with van der Waals surface area (Å²) >= 11 is 0. The van der Waals surface area contributed by atoms with Crippen molar-refractivity contribution in [2.24, 2.45) is 5.92 Å². The fraction of sp³-hybridized carbons (Fsp3) is 0.417. The predicted molar refractivity (Wildman–Crippen MR) is 115 cm³/mol. The topological polar surface area (TPSA) is 36.5 Å². The third-order valence-electron chi connectivity index (χ3n) is 6.17. The molecule has 29 heavy (non-hydrogen) atoms. The molecule has 0 bridgehead atoms. The van der Waals surface area contributed by atoms with Crippen LogP contribution in [0.25, 0.3) is 6.08 Å². The normalized spacial score (nSPS) is 25.5. The van der Waals surface area contributed by atoms with Crippen LogP contribution in [-0.4, -0.2) is 44.2 Å². The van der Waals surface area contributed by atoms with Gasteiger partial charge in [0.25, 0.3) is 0 Å². The van der Waals surface area contributed by atoms with E-state index >= 15 is 0 Å². The summed E-state index contributed by atoms with van der Waals surface area (Å²) in [6.45, 7) is 4.04. The van der Waals surface area contributed by atoms with Crippen LogP contribution in [0.15, 0.2) is 54.6 Å². The molecular weight excluding hydrogens is 365 g/mol. The SMILES string of the molecule is COc1ccccc1/C=C/CN1CCCC(C2NNCC2c2ccc(F)cc2)C1. The summed E-state index contributed by atoms with van der Waals surface area (Å²) in [4.78, 5) is 2.53. The predicted octanol–water partition coefficient (Wildman–Crippen LogP) is 3.82. The highest BCUT2D eigenvalue weighted by molar-refractivity contribution is 5.57. The highest BCUT2D eigenvalue weighted by atomic mass is 19.1. The lowest BCUT2D eigenvalue weighted by atomic mass is 9.81. The van der Waals surface area contributed by atoms with Crippen LogP contribution >= 0.6 is 0 Å². The average Bonchev–Trinajstić information content (AvgIpc) is 3.25. The smallest absolute Gasteiger partial charge is 0.126 e. The lowest BCUT2D eigenvalue weighted by Crippen LogP contribution is -2.46. The van der Waals surface area contributed by atoms with Gasteiger partial charge in [0.2, 0.25) is 0 Å². The number of hydrogen-bond acceptors (Lipinski definition) is 4. The number of hydrogen-bond donors (Lipinski definition) is 2. The Hall–Kier alpha value is -2.21. The minimum absolute atomic E-state index is 0.171. The third kappa shape index (κ3) is 4.86. The summed E-state index contributed by atoms with van der Waals surface area (Å²) < 4.78 is 18.7. The molecule has 2 aliphatic heterocycles. The second-order valence-corrected chi connectivity index (χ2v) is 8.02. The molecule has 154 valence electrons. The largest absolute Gasteiger partial charge is 0.496 e. The maximum absolute atomic E-state index is 13.3. The van der Waals surface area contributed by atoms with Crippen molar-refractivity contribution in [2.45, 2.75) is 24.8 Å². The molecule has 4 nitrogen and oxygen atoms in total. The highest BCUT2D eigenvalue weighted by Crippen LogP contribution is 2.31. The summed E-state index contributed by atoms with van der Waals surface area (Å²) in [6.07, 6.45) is 6.82. The van der Waals surface area contributed by atoms with Gasteiger partial charge in [-0.05, 0) is 49.1 Å². The molecule has 2 N–H and O–H groups in total. The number of para-hydroxylation sites is 1. The fourth-order valence-electron chi connectivity index (χ4n) is 4.68.